The Bertz CT molecular complexity index is 631. The average Bonchev–Trinajstić information content (AvgIpc) is 2.43. The molecule has 0 bridgehead atoms. The second-order valence-electron chi connectivity index (χ2n) is 4.11. The van der Waals surface area contributed by atoms with Crippen LogP contribution in [0.5, 0.6) is 11.5 Å². The Morgan fingerprint density at radius 2 is 1.81 bits per heavy atom. The van der Waals surface area contributed by atoms with Crippen LogP contribution in [0.4, 0.5) is 4.39 Å². The van der Waals surface area contributed by atoms with Crippen LogP contribution in [0.25, 0.3) is 0 Å². The molecule has 118 valence electrons. The minimum atomic E-state index is -4.16. The van der Waals surface area contributed by atoms with Crippen LogP contribution in [0, 0.1) is 5.82 Å². The van der Waals surface area contributed by atoms with Crippen LogP contribution in [0.1, 0.15) is 6.42 Å². The number of sulfonamides is 1. The molecule has 0 spiro atoms. The van der Waals surface area contributed by atoms with Gasteiger partial charge in [0.15, 0.2) is 11.5 Å². The lowest BCUT2D eigenvalue weighted by Gasteiger charge is -2.18. The lowest BCUT2D eigenvalue weighted by atomic mass is 10.3. The van der Waals surface area contributed by atoms with Crippen LogP contribution in [-0.2, 0) is 14.8 Å². The molecule has 0 aromatic heterocycles. The molecule has 0 aliphatic carbocycles. The molecule has 9 heteroatoms. The van der Waals surface area contributed by atoms with Crippen molar-refractivity contribution in [3.05, 3.63) is 17.9 Å². The van der Waals surface area contributed by atoms with Gasteiger partial charge in [-0.25, -0.2) is 17.1 Å². The van der Waals surface area contributed by atoms with Crippen molar-refractivity contribution in [2.75, 3.05) is 27.8 Å². The van der Waals surface area contributed by atoms with Crippen LogP contribution in [-0.4, -0.2) is 51.6 Å². The number of carboxylic acid groups (broad SMARTS) is 1. The Balaban J connectivity index is 3.22. The van der Waals surface area contributed by atoms with Crippen molar-refractivity contribution in [2.45, 2.75) is 11.3 Å². The summed E-state index contributed by atoms with van der Waals surface area (Å²) in [6, 6.07) is 1.90. The molecule has 1 aromatic carbocycles. The molecule has 1 N–H and O–H groups in total. The van der Waals surface area contributed by atoms with Gasteiger partial charge in [-0.15, -0.1) is 0 Å². The number of methoxy groups -OCH3 is 2. The first-order valence-electron chi connectivity index (χ1n) is 5.83. The number of carbonyl (C=O) groups is 1. The number of hydrogen-bond donors (Lipinski definition) is 1. The van der Waals surface area contributed by atoms with Crippen LogP contribution in [0.15, 0.2) is 17.0 Å². The summed E-state index contributed by atoms with van der Waals surface area (Å²) in [5.41, 5.74) is 0. The molecule has 7 nitrogen and oxygen atoms in total. The van der Waals surface area contributed by atoms with Crippen molar-refractivity contribution in [2.24, 2.45) is 0 Å². The van der Waals surface area contributed by atoms with Gasteiger partial charge in [0.05, 0.1) is 20.6 Å². The zero-order chi connectivity index (χ0) is 16.2. The topological polar surface area (TPSA) is 93.1 Å². The highest BCUT2D eigenvalue weighted by Gasteiger charge is 2.27. The molecule has 0 unspecified atom stereocenters. The first-order valence-corrected chi connectivity index (χ1v) is 7.27. The normalized spacial score (nSPS) is 11.5. The highest BCUT2D eigenvalue weighted by Crippen LogP contribution is 2.32. The average molecular weight is 321 g/mol. The van der Waals surface area contributed by atoms with Gasteiger partial charge in [0.25, 0.3) is 0 Å². The maximum atomic E-state index is 14.0. The second kappa shape index (κ2) is 6.72. The lowest BCUT2D eigenvalue weighted by Crippen LogP contribution is -2.30. The molecule has 1 aromatic rings. The molecule has 1 rings (SSSR count). The molecule has 21 heavy (non-hydrogen) atoms. The molecule has 0 fully saturated rings. The highest BCUT2D eigenvalue weighted by molar-refractivity contribution is 7.89. The minimum Gasteiger partial charge on any atom is -0.493 e. The molecule has 0 amide bonds. The van der Waals surface area contributed by atoms with Crippen LogP contribution < -0.4 is 9.47 Å². The van der Waals surface area contributed by atoms with Crippen molar-refractivity contribution in [1.82, 2.24) is 4.31 Å². The van der Waals surface area contributed by atoms with E-state index >= 15 is 0 Å². The van der Waals surface area contributed by atoms with E-state index < -0.39 is 26.7 Å². The molecule has 0 aliphatic heterocycles. The SMILES string of the molecule is COc1cc(F)c(S(=O)(=O)N(C)CCC(=O)O)cc1OC. The van der Waals surface area contributed by atoms with Crippen molar-refractivity contribution in [3.63, 3.8) is 0 Å². The number of hydrogen-bond acceptors (Lipinski definition) is 5. The van der Waals surface area contributed by atoms with Gasteiger partial charge in [-0.3, -0.25) is 4.79 Å². The van der Waals surface area contributed by atoms with Gasteiger partial charge in [0.2, 0.25) is 10.0 Å². The molecule has 0 saturated carbocycles. The number of nitrogens with zero attached hydrogens (tertiary/aromatic N) is 1. The summed E-state index contributed by atoms with van der Waals surface area (Å²) in [6.07, 6.45) is -0.384. The van der Waals surface area contributed by atoms with Crippen molar-refractivity contribution in [3.8, 4) is 11.5 Å². The van der Waals surface area contributed by atoms with Crippen molar-refractivity contribution in [1.29, 1.82) is 0 Å². The molecule has 0 saturated heterocycles. The Labute approximate surface area is 121 Å². The lowest BCUT2D eigenvalue weighted by molar-refractivity contribution is -0.137. The standard InChI is InChI=1S/C12H16FNO6S/c1-14(5-4-12(15)16)21(17,18)11-7-10(20-3)9(19-2)6-8(11)13/h6-7H,4-5H2,1-3H3,(H,15,16). The summed E-state index contributed by atoms with van der Waals surface area (Å²) in [5.74, 6) is -2.04. The third-order valence-corrected chi connectivity index (χ3v) is 4.64. The maximum Gasteiger partial charge on any atom is 0.304 e. The molecule has 0 atom stereocenters. The summed E-state index contributed by atoms with van der Waals surface area (Å²) in [6.45, 7) is -0.272. The number of halogens is 1. The summed E-state index contributed by atoms with van der Waals surface area (Å²) in [4.78, 5) is 9.88. The van der Waals surface area contributed by atoms with Gasteiger partial charge < -0.3 is 14.6 Å². The van der Waals surface area contributed by atoms with E-state index in [2.05, 4.69) is 0 Å². The summed E-state index contributed by atoms with van der Waals surface area (Å²) in [5, 5.41) is 8.57. The van der Waals surface area contributed by atoms with Gasteiger partial charge in [0.1, 0.15) is 10.7 Å². The Morgan fingerprint density at radius 3 is 2.29 bits per heavy atom. The van der Waals surface area contributed by atoms with Gasteiger partial charge in [-0.1, -0.05) is 0 Å². The first kappa shape index (κ1) is 17.2. The van der Waals surface area contributed by atoms with Gasteiger partial charge in [-0.05, 0) is 0 Å². The molecular weight excluding hydrogens is 305 g/mol. The number of rotatable bonds is 7. The summed E-state index contributed by atoms with van der Waals surface area (Å²) < 4.78 is 49.0. The van der Waals surface area contributed by atoms with Gasteiger partial charge >= 0.3 is 5.97 Å². The first-order chi connectivity index (χ1) is 9.73. The smallest absolute Gasteiger partial charge is 0.304 e. The molecule has 0 aliphatic rings. The third kappa shape index (κ3) is 3.82. The summed E-state index contributed by atoms with van der Waals surface area (Å²) in [7, 11) is -0.400. The fraction of sp³-hybridized carbons (Fsp3) is 0.417. The van der Waals surface area contributed by atoms with E-state index in [0.717, 1.165) is 16.4 Å². The summed E-state index contributed by atoms with van der Waals surface area (Å²) >= 11 is 0. The Hall–Kier alpha value is -1.87. The highest BCUT2D eigenvalue weighted by atomic mass is 32.2. The van der Waals surface area contributed by atoms with E-state index in [0.29, 0.717) is 0 Å². The minimum absolute atomic E-state index is 0.0575. The third-order valence-electron chi connectivity index (χ3n) is 2.77. The number of benzene rings is 1. The van der Waals surface area contributed by atoms with Crippen molar-refractivity contribution < 1.29 is 32.2 Å². The van der Waals surface area contributed by atoms with E-state index in [1.165, 1.54) is 21.3 Å². The monoisotopic (exact) mass is 321 g/mol. The van der Waals surface area contributed by atoms with Gasteiger partial charge in [-0.2, -0.15) is 0 Å². The van der Waals surface area contributed by atoms with Crippen LogP contribution in [0.2, 0.25) is 0 Å². The zero-order valence-electron chi connectivity index (χ0n) is 11.8. The van der Waals surface area contributed by atoms with E-state index in [4.69, 9.17) is 14.6 Å². The fourth-order valence-electron chi connectivity index (χ4n) is 1.57. The number of aliphatic carboxylic acids is 1. The molecule has 0 radical (unpaired) electrons. The number of ether oxygens (including phenoxy) is 2. The predicted octanol–water partition coefficient (Wildman–Crippen LogP) is 0.938. The molecular formula is C12H16FNO6S. The van der Waals surface area contributed by atoms with E-state index in [1.807, 2.05) is 0 Å². The van der Waals surface area contributed by atoms with Gasteiger partial charge in [0, 0.05) is 25.7 Å². The van der Waals surface area contributed by atoms with Crippen LogP contribution >= 0.6 is 0 Å². The largest absolute Gasteiger partial charge is 0.493 e. The number of carboxylic acids is 1. The van der Waals surface area contributed by atoms with Crippen LogP contribution in [0.3, 0.4) is 0 Å². The Kier molecular flexibility index (Phi) is 5.50. The van der Waals surface area contributed by atoms with E-state index in [1.54, 1.807) is 0 Å². The fourth-order valence-corrected chi connectivity index (χ4v) is 2.80. The maximum absolute atomic E-state index is 14.0. The quantitative estimate of drug-likeness (QED) is 0.803. The predicted molar refractivity (Wildman–Crippen MR) is 71.6 cm³/mol. The second-order valence-corrected chi connectivity index (χ2v) is 6.12. The Morgan fingerprint density at radius 1 is 1.29 bits per heavy atom. The molecule has 0 heterocycles. The van der Waals surface area contributed by atoms with Crippen molar-refractivity contribution >= 4 is 16.0 Å². The zero-order valence-corrected chi connectivity index (χ0v) is 12.6. The van der Waals surface area contributed by atoms with E-state index in [-0.39, 0.29) is 24.5 Å². The van der Waals surface area contributed by atoms with E-state index in [9.17, 15) is 17.6 Å².